The molecule has 3 heteroatoms. The van der Waals surface area contributed by atoms with Gasteiger partial charge in [0.15, 0.2) is 0 Å². The molecule has 0 aromatic heterocycles. The van der Waals surface area contributed by atoms with Gasteiger partial charge < -0.3 is 14.2 Å². The first kappa shape index (κ1) is 19.5. The molecular formula is C20H30O3. The first-order valence-corrected chi connectivity index (χ1v) is 8.26. The number of hydrogen-bond acceptors (Lipinski definition) is 3. The molecule has 0 saturated heterocycles. The Kier molecular flexibility index (Phi) is 9.34. The normalized spacial score (nSPS) is 12.8. The van der Waals surface area contributed by atoms with Gasteiger partial charge >= 0.3 is 0 Å². The molecule has 0 atom stereocenters. The molecule has 0 unspecified atom stereocenters. The summed E-state index contributed by atoms with van der Waals surface area (Å²) in [7, 11) is 0. The Balaban J connectivity index is 2.29. The monoisotopic (exact) mass is 318 g/mol. The molecule has 1 aromatic carbocycles. The van der Waals surface area contributed by atoms with E-state index < -0.39 is 0 Å². The van der Waals surface area contributed by atoms with E-state index in [-0.39, 0.29) is 6.10 Å². The third kappa shape index (κ3) is 8.00. The van der Waals surface area contributed by atoms with Crippen molar-refractivity contribution in [1.82, 2.24) is 0 Å². The van der Waals surface area contributed by atoms with Crippen molar-refractivity contribution in [2.45, 2.75) is 40.7 Å². The van der Waals surface area contributed by atoms with Gasteiger partial charge in [-0.15, -0.1) is 0 Å². The van der Waals surface area contributed by atoms with Gasteiger partial charge in [0.2, 0.25) is 0 Å². The largest absolute Gasteiger partial charge is 0.498 e. The summed E-state index contributed by atoms with van der Waals surface area (Å²) in [6.45, 7) is 12.6. The minimum atomic E-state index is 0.253. The van der Waals surface area contributed by atoms with Crippen LogP contribution in [-0.4, -0.2) is 32.5 Å². The number of allylic oxidation sites excluding steroid dienone is 3. The molecular weight excluding hydrogens is 288 g/mol. The molecule has 128 valence electrons. The quantitative estimate of drug-likeness (QED) is 0.452. The maximum atomic E-state index is 5.54. The van der Waals surface area contributed by atoms with Crippen molar-refractivity contribution < 1.29 is 14.2 Å². The Bertz CT molecular complexity index is 498. The molecule has 0 amide bonds. The maximum absolute atomic E-state index is 5.54. The maximum Gasteiger partial charge on any atom is 0.111 e. The lowest BCUT2D eigenvalue weighted by Crippen LogP contribution is -2.11. The molecule has 0 radical (unpaired) electrons. The Hall–Kier alpha value is -1.58. The SMILES string of the molecule is C/C=C(\C)c1ccc(/C(C)=C/OCCOCCOC(C)C)cc1. The second-order valence-corrected chi connectivity index (χ2v) is 5.75. The van der Waals surface area contributed by atoms with Gasteiger partial charge in [0.05, 0.1) is 32.2 Å². The molecule has 1 rings (SSSR count). The van der Waals surface area contributed by atoms with Gasteiger partial charge in [-0.3, -0.25) is 0 Å². The van der Waals surface area contributed by atoms with E-state index in [0.717, 1.165) is 5.57 Å². The van der Waals surface area contributed by atoms with E-state index in [1.54, 1.807) is 6.26 Å². The summed E-state index contributed by atoms with van der Waals surface area (Å²) in [5.41, 5.74) is 4.82. The lowest BCUT2D eigenvalue weighted by atomic mass is 10.0. The fourth-order valence-electron chi connectivity index (χ4n) is 1.97. The van der Waals surface area contributed by atoms with Crippen LogP contribution in [0.2, 0.25) is 0 Å². The summed E-state index contributed by atoms with van der Waals surface area (Å²) < 4.78 is 16.4. The van der Waals surface area contributed by atoms with Crippen molar-refractivity contribution in [1.29, 1.82) is 0 Å². The average Bonchev–Trinajstić information content (AvgIpc) is 2.56. The number of ether oxygens (including phenoxy) is 3. The van der Waals surface area contributed by atoms with E-state index in [2.05, 4.69) is 51.1 Å². The number of hydrogen-bond donors (Lipinski definition) is 0. The molecule has 0 heterocycles. The van der Waals surface area contributed by atoms with E-state index in [1.165, 1.54) is 16.7 Å². The molecule has 0 bridgehead atoms. The van der Waals surface area contributed by atoms with Gasteiger partial charge in [0.1, 0.15) is 6.61 Å². The second kappa shape index (κ2) is 11.0. The van der Waals surface area contributed by atoms with Gasteiger partial charge in [-0.25, -0.2) is 0 Å². The molecule has 0 aliphatic rings. The van der Waals surface area contributed by atoms with Crippen LogP contribution in [0.25, 0.3) is 11.1 Å². The summed E-state index contributed by atoms with van der Waals surface area (Å²) in [4.78, 5) is 0. The molecule has 0 aliphatic carbocycles. The fraction of sp³-hybridized carbons (Fsp3) is 0.500. The highest BCUT2D eigenvalue weighted by Crippen LogP contribution is 2.18. The summed E-state index contributed by atoms with van der Waals surface area (Å²) >= 11 is 0. The van der Waals surface area contributed by atoms with Crippen molar-refractivity contribution in [2.24, 2.45) is 0 Å². The first-order valence-electron chi connectivity index (χ1n) is 8.26. The highest BCUT2D eigenvalue weighted by atomic mass is 16.5. The van der Waals surface area contributed by atoms with Crippen LogP contribution in [0.4, 0.5) is 0 Å². The van der Waals surface area contributed by atoms with Crippen LogP contribution < -0.4 is 0 Å². The molecule has 0 aliphatic heterocycles. The first-order chi connectivity index (χ1) is 11.0. The zero-order valence-corrected chi connectivity index (χ0v) is 15.1. The van der Waals surface area contributed by atoms with Gasteiger partial charge in [-0.2, -0.15) is 0 Å². The molecule has 23 heavy (non-hydrogen) atoms. The third-order valence-electron chi connectivity index (χ3n) is 3.51. The van der Waals surface area contributed by atoms with Gasteiger partial charge in [0, 0.05) is 0 Å². The Labute approximate surface area is 141 Å². The smallest absolute Gasteiger partial charge is 0.111 e. The summed E-state index contributed by atoms with van der Waals surface area (Å²) in [5, 5.41) is 0. The molecule has 3 nitrogen and oxygen atoms in total. The lowest BCUT2D eigenvalue weighted by Gasteiger charge is -2.08. The average molecular weight is 318 g/mol. The third-order valence-corrected chi connectivity index (χ3v) is 3.51. The topological polar surface area (TPSA) is 27.7 Å². The van der Waals surface area contributed by atoms with Crippen LogP contribution >= 0.6 is 0 Å². The molecule has 0 saturated carbocycles. The summed E-state index contributed by atoms with van der Waals surface area (Å²) in [6, 6.07) is 8.52. The predicted molar refractivity (Wildman–Crippen MR) is 97.3 cm³/mol. The van der Waals surface area contributed by atoms with Gasteiger partial charge in [-0.1, -0.05) is 30.3 Å². The molecule has 0 N–H and O–H groups in total. The van der Waals surface area contributed by atoms with E-state index in [0.29, 0.717) is 26.4 Å². The Morgan fingerprint density at radius 2 is 1.48 bits per heavy atom. The van der Waals surface area contributed by atoms with E-state index in [9.17, 15) is 0 Å². The highest BCUT2D eigenvalue weighted by molar-refractivity contribution is 5.68. The van der Waals surface area contributed by atoms with E-state index >= 15 is 0 Å². The van der Waals surface area contributed by atoms with Crippen molar-refractivity contribution in [2.75, 3.05) is 26.4 Å². The van der Waals surface area contributed by atoms with Crippen molar-refractivity contribution >= 4 is 11.1 Å². The Morgan fingerprint density at radius 1 is 0.913 bits per heavy atom. The van der Waals surface area contributed by atoms with E-state index in [1.807, 2.05) is 13.8 Å². The zero-order valence-electron chi connectivity index (χ0n) is 15.1. The van der Waals surface area contributed by atoms with Crippen molar-refractivity contribution in [3.8, 4) is 0 Å². The predicted octanol–water partition coefficient (Wildman–Crippen LogP) is 4.93. The van der Waals surface area contributed by atoms with Crippen LogP contribution in [0.5, 0.6) is 0 Å². The molecule has 0 spiro atoms. The van der Waals surface area contributed by atoms with Crippen LogP contribution in [-0.2, 0) is 14.2 Å². The zero-order chi connectivity index (χ0) is 17.1. The molecule has 0 fully saturated rings. The highest BCUT2D eigenvalue weighted by Gasteiger charge is 1.99. The fourth-order valence-corrected chi connectivity index (χ4v) is 1.97. The van der Waals surface area contributed by atoms with Crippen LogP contribution in [0.3, 0.4) is 0 Å². The number of benzene rings is 1. The lowest BCUT2D eigenvalue weighted by molar-refractivity contribution is 0.00884. The molecule has 1 aromatic rings. The minimum absolute atomic E-state index is 0.253. The number of rotatable bonds is 10. The summed E-state index contributed by atoms with van der Waals surface area (Å²) in [5.74, 6) is 0. The summed E-state index contributed by atoms with van der Waals surface area (Å²) in [6.07, 6.45) is 4.17. The second-order valence-electron chi connectivity index (χ2n) is 5.75. The van der Waals surface area contributed by atoms with Crippen LogP contribution in [0.1, 0.15) is 45.7 Å². The van der Waals surface area contributed by atoms with E-state index in [4.69, 9.17) is 14.2 Å². The minimum Gasteiger partial charge on any atom is -0.498 e. The van der Waals surface area contributed by atoms with Crippen molar-refractivity contribution in [3.05, 3.63) is 47.7 Å². The Morgan fingerprint density at radius 3 is 2.04 bits per heavy atom. The van der Waals surface area contributed by atoms with Crippen LogP contribution in [0.15, 0.2) is 36.6 Å². The van der Waals surface area contributed by atoms with Crippen LogP contribution in [0, 0.1) is 0 Å². The van der Waals surface area contributed by atoms with Gasteiger partial charge in [-0.05, 0) is 56.9 Å². The standard InChI is InChI=1S/C20H30O3/c1-6-17(4)19-7-9-20(10-8-19)18(5)15-22-12-11-21-13-14-23-16(2)3/h6-10,15-16H,11-14H2,1-5H3/b17-6+,18-15+. The van der Waals surface area contributed by atoms with Gasteiger partial charge in [0.25, 0.3) is 0 Å². The van der Waals surface area contributed by atoms with Crippen molar-refractivity contribution in [3.63, 3.8) is 0 Å².